The van der Waals surface area contributed by atoms with Crippen LogP contribution in [-0.4, -0.2) is 10.1 Å². The largest absolute Gasteiger partial charge is 0.417 e. The van der Waals surface area contributed by atoms with Gasteiger partial charge in [-0.3, -0.25) is 0 Å². The molecule has 2 aromatic heterocycles. The summed E-state index contributed by atoms with van der Waals surface area (Å²) < 4.78 is 42.7. The van der Waals surface area contributed by atoms with Gasteiger partial charge in [0.25, 0.3) is 5.71 Å². The third-order valence-electron chi connectivity index (χ3n) is 2.05. The first kappa shape index (κ1) is 9.95. The van der Waals surface area contributed by atoms with Crippen molar-refractivity contribution in [2.75, 3.05) is 0 Å². The van der Waals surface area contributed by atoms with Crippen molar-refractivity contribution >= 4 is 11.1 Å². The van der Waals surface area contributed by atoms with E-state index in [1.165, 1.54) is 13.8 Å². The van der Waals surface area contributed by atoms with Crippen LogP contribution in [0.2, 0.25) is 0 Å². The molecule has 0 unspecified atom stereocenters. The maximum Gasteiger partial charge on any atom is 0.417 e. The fraction of sp³-hybridized carbons (Fsp3) is 0.333. The van der Waals surface area contributed by atoms with Crippen molar-refractivity contribution in [2.24, 2.45) is 0 Å². The Labute approximate surface area is 82.9 Å². The third-order valence-corrected chi connectivity index (χ3v) is 2.05. The van der Waals surface area contributed by atoms with Gasteiger partial charge in [0.15, 0.2) is 0 Å². The highest BCUT2D eigenvalue weighted by molar-refractivity contribution is 5.80. The molecule has 3 nitrogen and oxygen atoms in total. The summed E-state index contributed by atoms with van der Waals surface area (Å²) in [5, 5.41) is 3.41. The Hall–Kier alpha value is -1.59. The molecular formula is C9H7F3N2O. The molecule has 0 amide bonds. The van der Waals surface area contributed by atoms with E-state index in [2.05, 4.69) is 10.1 Å². The van der Waals surface area contributed by atoms with E-state index in [4.69, 9.17) is 4.52 Å². The first-order valence-corrected chi connectivity index (χ1v) is 4.20. The SMILES string of the molecule is Cc1cc(C(F)(F)F)c2c(C)noc2n1. The molecule has 15 heavy (non-hydrogen) atoms. The van der Waals surface area contributed by atoms with Crippen LogP contribution in [0.4, 0.5) is 13.2 Å². The molecule has 0 spiro atoms. The van der Waals surface area contributed by atoms with Gasteiger partial charge in [0.2, 0.25) is 0 Å². The van der Waals surface area contributed by atoms with Crippen molar-refractivity contribution in [3.8, 4) is 0 Å². The van der Waals surface area contributed by atoms with Gasteiger partial charge in [-0.15, -0.1) is 0 Å². The third kappa shape index (κ3) is 1.55. The molecular weight excluding hydrogens is 209 g/mol. The zero-order valence-electron chi connectivity index (χ0n) is 8.01. The van der Waals surface area contributed by atoms with Gasteiger partial charge in [-0.1, -0.05) is 5.16 Å². The van der Waals surface area contributed by atoms with Gasteiger partial charge in [0.05, 0.1) is 16.6 Å². The number of aryl methyl sites for hydroxylation is 2. The summed E-state index contributed by atoms with van der Waals surface area (Å²) in [7, 11) is 0. The second-order valence-corrected chi connectivity index (χ2v) is 3.26. The minimum atomic E-state index is -4.41. The summed E-state index contributed by atoms with van der Waals surface area (Å²) in [6.45, 7) is 2.94. The summed E-state index contributed by atoms with van der Waals surface area (Å²) in [5.41, 5.74) is -0.362. The number of halogens is 3. The minimum absolute atomic E-state index is 0.0619. The van der Waals surface area contributed by atoms with Crippen molar-refractivity contribution in [3.05, 3.63) is 23.0 Å². The predicted octanol–water partition coefficient (Wildman–Crippen LogP) is 2.86. The van der Waals surface area contributed by atoms with Crippen LogP contribution < -0.4 is 0 Å². The fourth-order valence-corrected chi connectivity index (χ4v) is 1.44. The number of hydrogen-bond donors (Lipinski definition) is 0. The lowest BCUT2D eigenvalue weighted by Gasteiger charge is -2.07. The lowest BCUT2D eigenvalue weighted by atomic mass is 10.1. The number of hydrogen-bond acceptors (Lipinski definition) is 3. The molecule has 0 radical (unpaired) electrons. The number of aromatic nitrogens is 2. The van der Waals surface area contributed by atoms with Gasteiger partial charge < -0.3 is 4.52 Å². The maximum atomic E-state index is 12.7. The second-order valence-electron chi connectivity index (χ2n) is 3.26. The molecule has 2 rings (SSSR count). The molecule has 0 aliphatic rings. The lowest BCUT2D eigenvalue weighted by molar-refractivity contribution is -0.136. The summed E-state index contributed by atoms with van der Waals surface area (Å²) >= 11 is 0. The molecule has 0 fully saturated rings. The van der Waals surface area contributed by atoms with E-state index in [-0.39, 0.29) is 22.5 Å². The minimum Gasteiger partial charge on any atom is -0.336 e. The van der Waals surface area contributed by atoms with Crippen LogP contribution in [0.25, 0.3) is 11.1 Å². The Morgan fingerprint density at radius 3 is 2.53 bits per heavy atom. The van der Waals surface area contributed by atoms with E-state index in [0.29, 0.717) is 0 Å². The van der Waals surface area contributed by atoms with E-state index < -0.39 is 11.7 Å². The highest BCUT2D eigenvalue weighted by Crippen LogP contribution is 2.35. The van der Waals surface area contributed by atoms with E-state index >= 15 is 0 Å². The Kier molecular flexibility index (Phi) is 1.95. The van der Waals surface area contributed by atoms with Crippen molar-refractivity contribution in [2.45, 2.75) is 20.0 Å². The zero-order valence-corrected chi connectivity index (χ0v) is 8.01. The predicted molar refractivity (Wildman–Crippen MR) is 46.3 cm³/mol. The quantitative estimate of drug-likeness (QED) is 0.679. The summed E-state index contributed by atoms with van der Waals surface area (Å²) in [6, 6.07) is 0.993. The highest BCUT2D eigenvalue weighted by Gasteiger charge is 2.35. The van der Waals surface area contributed by atoms with E-state index in [1.54, 1.807) is 0 Å². The molecule has 0 N–H and O–H groups in total. The topological polar surface area (TPSA) is 38.9 Å². The maximum absolute atomic E-state index is 12.7. The molecule has 0 atom stereocenters. The first-order chi connectivity index (χ1) is 6.89. The average Bonchev–Trinajstić information content (AvgIpc) is 2.44. The van der Waals surface area contributed by atoms with E-state index in [1.807, 2.05) is 0 Å². The van der Waals surface area contributed by atoms with E-state index in [0.717, 1.165) is 6.07 Å². The van der Waals surface area contributed by atoms with Gasteiger partial charge in [-0.2, -0.15) is 13.2 Å². The summed E-state index contributed by atoms with van der Waals surface area (Å²) in [6.07, 6.45) is -4.41. The number of fused-ring (bicyclic) bond motifs is 1. The van der Waals surface area contributed by atoms with Crippen LogP contribution in [0, 0.1) is 13.8 Å². The Balaban J connectivity index is 2.87. The number of pyridine rings is 1. The Bertz CT molecular complexity index is 516. The normalized spacial score (nSPS) is 12.3. The molecule has 0 aromatic carbocycles. The molecule has 0 bridgehead atoms. The molecule has 2 heterocycles. The standard InChI is InChI=1S/C9H7F3N2O/c1-4-3-6(9(10,11)12)7-5(2)14-15-8(7)13-4/h3H,1-2H3. The van der Waals surface area contributed by atoms with Crippen molar-refractivity contribution in [1.29, 1.82) is 0 Å². The lowest BCUT2D eigenvalue weighted by Crippen LogP contribution is -2.07. The molecule has 0 aliphatic carbocycles. The van der Waals surface area contributed by atoms with Crippen molar-refractivity contribution < 1.29 is 17.7 Å². The molecule has 80 valence electrons. The molecule has 6 heteroatoms. The summed E-state index contributed by atoms with van der Waals surface area (Å²) in [5.74, 6) is 0. The molecule has 2 aromatic rings. The molecule has 0 saturated carbocycles. The van der Waals surface area contributed by atoms with Gasteiger partial charge in [0.1, 0.15) is 0 Å². The average molecular weight is 216 g/mol. The van der Waals surface area contributed by atoms with Crippen LogP contribution >= 0.6 is 0 Å². The fourth-order valence-electron chi connectivity index (χ4n) is 1.44. The van der Waals surface area contributed by atoms with E-state index in [9.17, 15) is 13.2 Å². The smallest absolute Gasteiger partial charge is 0.336 e. The van der Waals surface area contributed by atoms with Gasteiger partial charge >= 0.3 is 6.18 Å². The van der Waals surface area contributed by atoms with Crippen molar-refractivity contribution in [1.82, 2.24) is 10.1 Å². The van der Waals surface area contributed by atoms with Gasteiger partial charge in [0, 0.05) is 5.69 Å². The molecule has 0 saturated heterocycles. The first-order valence-electron chi connectivity index (χ1n) is 4.20. The van der Waals surface area contributed by atoms with Gasteiger partial charge in [-0.05, 0) is 19.9 Å². The Morgan fingerprint density at radius 1 is 1.27 bits per heavy atom. The van der Waals surface area contributed by atoms with Crippen LogP contribution in [0.3, 0.4) is 0 Å². The second kappa shape index (κ2) is 2.95. The number of nitrogens with zero attached hydrogens (tertiary/aromatic N) is 2. The van der Waals surface area contributed by atoms with Crippen LogP contribution in [0.15, 0.2) is 10.6 Å². The molecule has 0 aliphatic heterocycles. The van der Waals surface area contributed by atoms with Crippen molar-refractivity contribution in [3.63, 3.8) is 0 Å². The highest BCUT2D eigenvalue weighted by atomic mass is 19.4. The zero-order chi connectivity index (χ0) is 11.2. The van der Waals surface area contributed by atoms with Crippen LogP contribution in [-0.2, 0) is 6.18 Å². The number of rotatable bonds is 0. The Morgan fingerprint density at radius 2 is 1.93 bits per heavy atom. The van der Waals surface area contributed by atoms with Crippen LogP contribution in [0.1, 0.15) is 17.0 Å². The monoisotopic (exact) mass is 216 g/mol. The number of alkyl halides is 3. The van der Waals surface area contributed by atoms with Crippen LogP contribution in [0.5, 0.6) is 0 Å². The van der Waals surface area contributed by atoms with Gasteiger partial charge in [-0.25, -0.2) is 4.98 Å². The summed E-state index contributed by atoms with van der Waals surface area (Å²) in [4.78, 5) is 3.84.